The first-order valence-electron chi connectivity index (χ1n) is 2.95. The molecule has 0 aromatic carbocycles. The quantitative estimate of drug-likeness (QED) is 0.432. The molecule has 0 aromatic rings. The molecule has 0 aliphatic rings. The van der Waals surface area contributed by atoms with Crippen molar-refractivity contribution in [2.45, 2.75) is 27.2 Å². The Labute approximate surface area is 60.7 Å². The number of hydrogen-bond acceptors (Lipinski definition) is 1. The molecule has 2 heteroatoms. The third-order valence-corrected chi connectivity index (χ3v) is 1.75. The first-order chi connectivity index (χ1) is 4.09. The van der Waals surface area contributed by atoms with Gasteiger partial charge < -0.3 is 0 Å². The summed E-state index contributed by atoms with van der Waals surface area (Å²) in [5, 5.41) is -0.339. The Kier molecular flexibility index (Phi) is 3.55. The molecule has 0 aliphatic heterocycles. The summed E-state index contributed by atoms with van der Waals surface area (Å²) in [4.78, 5) is 10.5. The molecular formula is C7H11ClO. The summed E-state index contributed by atoms with van der Waals surface area (Å²) in [6.45, 7) is 5.66. The van der Waals surface area contributed by atoms with E-state index in [9.17, 15) is 4.79 Å². The van der Waals surface area contributed by atoms with E-state index in [0.29, 0.717) is 5.57 Å². The summed E-state index contributed by atoms with van der Waals surface area (Å²) in [6, 6.07) is 0. The molecule has 0 unspecified atom stereocenters. The Morgan fingerprint density at radius 3 is 2.00 bits per heavy atom. The van der Waals surface area contributed by atoms with Crippen LogP contribution < -0.4 is 0 Å². The standard InChI is InChI=1S/C7H11ClO/c1-4-5(2)6(3)7(8)9/h4H2,1-3H3/b6-5+. The Morgan fingerprint density at radius 1 is 1.44 bits per heavy atom. The molecule has 0 N–H and O–H groups in total. The monoisotopic (exact) mass is 146 g/mol. The Bertz CT molecular complexity index is 147. The second-order valence-electron chi connectivity index (χ2n) is 2.03. The molecule has 0 radical (unpaired) electrons. The molecule has 0 rings (SSSR count). The van der Waals surface area contributed by atoms with E-state index in [1.807, 2.05) is 13.8 Å². The predicted molar refractivity (Wildman–Crippen MR) is 39.5 cm³/mol. The van der Waals surface area contributed by atoms with Crippen LogP contribution in [-0.4, -0.2) is 5.24 Å². The maximum absolute atomic E-state index is 10.5. The summed E-state index contributed by atoms with van der Waals surface area (Å²) in [6.07, 6.45) is 0.893. The second kappa shape index (κ2) is 3.67. The normalized spacial score (nSPS) is 12.9. The summed E-state index contributed by atoms with van der Waals surface area (Å²) in [5.74, 6) is 0. The molecule has 0 aromatic heterocycles. The van der Waals surface area contributed by atoms with Crippen LogP contribution in [0.5, 0.6) is 0 Å². The molecule has 0 spiro atoms. The highest BCUT2D eigenvalue weighted by Gasteiger charge is 2.00. The Hall–Kier alpha value is -0.300. The van der Waals surface area contributed by atoms with E-state index in [0.717, 1.165) is 12.0 Å². The van der Waals surface area contributed by atoms with E-state index in [1.165, 1.54) is 0 Å². The van der Waals surface area contributed by atoms with E-state index in [2.05, 4.69) is 0 Å². The van der Waals surface area contributed by atoms with Gasteiger partial charge in [-0.05, 0) is 31.9 Å². The number of rotatable bonds is 2. The molecular weight excluding hydrogens is 136 g/mol. The number of carbonyl (C=O) groups is 1. The van der Waals surface area contributed by atoms with Gasteiger partial charge in [0.2, 0.25) is 5.24 Å². The van der Waals surface area contributed by atoms with Crippen molar-refractivity contribution < 1.29 is 4.79 Å². The SMILES string of the molecule is CC/C(C)=C(\C)C(=O)Cl. The van der Waals surface area contributed by atoms with Crippen LogP contribution in [0.4, 0.5) is 0 Å². The van der Waals surface area contributed by atoms with E-state index in [1.54, 1.807) is 6.92 Å². The van der Waals surface area contributed by atoms with Gasteiger partial charge in [-0.2, -0.15) is 0 Å². The highest BCUT2D eigenvalue weighted by atomic mass is 35.5. The van der Waals surface area contributed by atoms with Crippen molar-refractivity contribution in [3.63, 3.8) is 0 Å². The van der Waals surface area contributed by atoms with E-state index in [-0.39, 0.29) is 5.24 Å². The van der Waals surface area contributed by atoms with Crippen molar-refractivity contribution in [2.24, 2.45) is 0 Å². The highest BCUT2D eigenvalue weighted by Crippen LogP contribution is 2.09. The molecule has 0 atom stereocenters. The van der Waals surface area contributed by atoms with Crippen LogP contribution >= 0.6 is 11.6 Å². The number of halogens is 1. The molecule has 1 nitrogen and oxygen atoms in total. The third kappa shape index (κ3) is 2.66. The van der Waals surface area contributed by atoms with Gasteiger partial charge in [-0.25, -0.2) is 0 Å². The third-order valence-electron chi connectivity index (χ3n) is 1.47. The van der Waals surface area contributed by atoms with Crippen molar-refractivity contribution in [3.05, 3.63) is 11.1 Å². The lowest BCUT2D eigenvalue weighted by molar-refractivity contribution is -0.108. The molecule has 0 aliphatic carbocycles. The fraction of sp³-hybridized carbons (Fsp3) is 0.571. The van der Waals surface area contributed by atoms with Crippen LogP contribution in [0.3, 0.4) is 0 Å². The summed E-state index contributed by atoms with van der Waals surface area (Å²) < 4.78 is 0. The second-order valence-corrected chi connectivity index (χ2v) is 2.38. The van der Waals surface area contributed by atoms with Gasteiger partial charge in [0.25, 0.3) is 0 Å². The average Bonchev–Trinajstić information content (AvgIpc) is 1.84. The fourth-order valence-electron chi connectivity index (χ4n) is 0.433. The lowest BCUT2D eigenvalue weighted by Crippen LogP contribution is -1.91. The van der Waals surface area contributed by atoms with Gasteiger partial charge in [0.15, 0.2) is 0 Å². The van der Waals surface area contributed by atoms with E-state index >= 15 is 0 Å². The lowest BCUT2D eigenvalue weighted by Gasteiger charge is -1.97. The van der Waals surface area contributed by atoms with Crippen LogP contribution in [0.2, 0.25) is 0 Å². The van der Waals surface area contributed by atoms with E-state index < -0.39 is 0 Å². The van der Waals surface area contributed by atoms with Gasteiger partial charge in [-0.3, -0.25) is 4.79 Å². The van der Waals surface area contributed by atoms with Crippen LogP contribution in [-0.2, 0) is 4.79 Å². The summed E-state index contributed by atoms with van der Waals surface area (Å²) >= 11 is 5.21. The van der Waals surface area contributed by atoms with Crippen molar-refractivity contribution >= 4 is 16.8 Å². The van der Waals surface area contributed by atoms with Crippen LogP contribution in [0, 0.1) is 0 Å². The number of allylic oxidation sites excluding steroid dienone is 2. The van der Waals surface area contributed by atoms with Crippen molar-refractivity contribution in [3.8, 4) is 0 Å². The van der Waals surface area contributed by atoms with Gasteiger partial charge in [0.1, 0.15) is 0 Å². The predicted octanol–water partition coefficient (Wildman–Crippen LogP) is 2.50. The first kappa shape index (κ1) is 8.70. The zero-order valence-corrected chi connectivity index (χ0v) is 6.75. The van der Waals surface area contributed by atoms with Crippen LogP contribution in [0.1, 0.15) is 27.2 Å². The molecule has 0 saturated carbocycles. The molecule has 0 heterocycles. The fourth-order valence-corrected chi connectivity index (χ4v) is 0.594. The molecule has 0 amide bonds. The van der Waals surface area contributed by atoms with Gasteiger partial charge in [0.05, 0.1) is 0 Å². The molecule has 52 valence electrons. The average molecular weight is 147 g/mol. The van der Waals surface area contributed by atoms with Crippen molar-refractivity contribution in [1.82, 2.24) is 0 Å². The van der Waals surface area contributed by atoms with Gasteiger partial charge >= 0.3 is 0 Å². The zero-order chi connectivity index (χ0) is 7.44. The summed E-state index contributed by atoms with van der Waals surface area (Å²) in [5.41, 5.74) is 1.74. The Balaban J connectivity index is 4.28. The smallest absolute Gasteiger partial charge is 0.248 e. The minimum absolute atomic E-state index is 0.339. The Morgan fingerprint density at radius 2 is 1.89 bits per heavy atom. The van der Waals surface area contributed by atoms with Gasteiger partial charge in [0, 0.05) is 5.57 Å². The highest BCUT2D eigenvalue weighted by molar-refractivity contribution is 6.67. The molecule has 0 saturated heterocycles. The topological polar surface area (TPSA) is 17.1 Å². The van der Waals surface area contributed by atoms with Gasteiger partial charge in [-0.1, -0.05) is 12.5 Å². The van der Waals surface area contributed by atoms with Gasteiger partial charge in [-0.15, -0.1) is 0 Å². The molecule has 9 heavy (non-hydrogen) atoms. The zero-order valence-electron chi connectivity index (χ0n) is 5.99. The largest absolute Gasteiger partial charge is 0.276 e. The minimum atomic E-state index is -0.339. The number of carbonyl (C=O) groups excluding carboxylic acids is 1. The summed E-state index contributed by atoms with van der Waals surface area (Å²) in [7, 11) is 0. The molecule has 0 fully saturated rings. The van der Waals surface area contributed by atoms with Crippen LogP contribution in [0.15, 0.2) is 11.1 Å². The van der Waals surface area contributed by atoms with Crippen LogP contribution in [0.25, 0.3) is 0 Å². The van der Waals surface area contributed by atoms with Crippen molar-refractivity contribution in [1.29, 1.82) is 0 Å². The maximum Gasteiger partial charge on any atom is 0.248 e. The lowest BCUT2D eigenvalue weighted by atomic mass is 10.1. The number of hydrogen-bond donors (Lipinski definition) is 0. The van der Waals surface area contributed by atoms with E-state index in [4.69, 9.17) is 11.6 Å². The maximum atomic E-state index is 10.5. The minimum Gasteiger partial charge on any atom is -0.276 e. The molecule has 0 bridgehead atoms. The van der Waals surface area contributed by atoms with Crippen molar-refractivity contribution in [2.75, 3.05) is 0 Å². The first-order valence-corrected chi connectivity index (χ1v) is 3.33.